The molecule has 0 saturated heterocycles. The van der Waals surface area contributed by atoms with Gasteiger partial charge >= 0.3 is 6.09 Å². The van der Waals surface area contributed by atoms with Crippen molar-refractivity contribution in [2.75, 3.05) is 13.2 Å². The molecule has 0 fully saturated rings. The molecule has 0 heterocycles. The molecule has 0 aromatic rings. The number of rotatable bonds is 6. The lowest BCUT2D eigenvalue weighted by Crippen LogP contribution is -2.49. The fourth-order valence-corrected chi connectivity index (χ4v) is 1.38. The summed E-state index contributed by atoms with van der Waals surface area (Å²) in [4.78, 5) is 13.3. The van der Waals surface area contributed by atoms with Crippen molar-refractivity contribution in [1.29, 1.82) is 0 Å². The summed E-state index contributed by atoms with van der Waals surface area (Å²) in [5.41, 5.74) is -0.633. The van der Waals surface area contributed by atoms with Crippen LogP contribution in [-0.4, -0.2) is 52.1 Å². The zero-order valence-electron chi connectivity index (χ0n) is 11.3. The fraction of sp³-hybridized carbons (Fsp3) is 0.615. The minimum atomic E-state index is -1.10. The van der Waals surface area contributed by atoms with Crippen molar-refractivity contribution in [2.45, 2.75) is 38.5 Å². The number of aliphatic hydroxyl groups excluding tert-OH is 2. The zero-order valence-corrected chi connectivity index (χ0v) is 11.3. The smallest absolute Gasteiger partial charge is 0.411 e. The highest BCUT2D eigenvalue weighted by Crippen LogP contribution is 2.14. The summed E-state index contributed by atoms with van der Waals surface area (Å²) >= 11 is 0. The van der Waals surface area contributed by atoms with Crippen LogP contribution in [0.5, 0.6) is 0 Å². The topological polar surface area (TPSA) is 70.0 Å². The summed E-state index contributed by atoms with van der Waals surface area (Å²) in [5, 5.41) is 18.6. The van der Waals surface area contributed by atoms with Crippen LogP contribution < -0.4 is 0 Å². The number of aliphatic hydroxyl groups is 2. The number of amides is 1. The quantitative estimate of drug-likeness (QED) is 0.704. The van der Waals surface area contributed by atoms with Crippen LogP contribution in [-0.2, 0) is 4.74 Å². The Morgan fingerprint density at radius 3 is 2.33 bits per heavy atom. The summed E-state index contributed by atoms with van der Waals surface area (Å²) in [5.74, 6) is 0. The van der Waals surface area contributed by atoms with E-state index in [0.717, 1.165) is 0 Å². The van der Waals surface area contributed by atoms with Gasteiger partial charge in [0.05, 0.1) is 12.6 Å². The van der Waals surface area contributed by atoms with Gasteiger partial charge in [-0.25, -0.2) is 4.79 Å². The first-order chi connectivity index (χ1) is 8.26. The standard InChI is InChI=1S/C13H23NO4/c1-6-8-14(10(7-2)11(16)9-15)12(17)18-13(3,4)5/h6-7,10-11,15-16H,1-2,8-9H2,3-5H3/t10-,11+/m0/s1. The predicted molar refractivity (Wildman–Crippen MR) is 70.2 cm³/mol. The Kier molecular flexibility index (Phi) is 6.65. The third-order valence-electron chi connectivity index (χ3n) is 2.14. The number of ether oxygens (including phenoxy) is 1. The normalized spacial score (nSPS) is 14.5. The molecule has 0 aliphatic heterocycles. The Hall–Kier alpha value is -1.33. The third-order valence-corrected chi connectivity index (χ3v) is 2.14. The molecule has 0 unspecified atom stereocenters. The van der Waals surface area contributed by atoms with E-state index in [4.69, 9.17) is 9.84 Å². The number of carbonyl (C=O) groups excluding carboxylic acids is 1. The lowest BCUT2D eigenvalue weighted by atomic mass is 10.1. The molecule has 0 aromatic carbocycles. The molecule has 0 aliphatic carbocycles. The Labute approximate surface area is 108 Å². The van der Waals surface area contributed by atoms with Gasteiger partial charge in [-0.2, -0.15) is 0 Å². The van der Waals surface area contributed by atoms with E-state index in [9.17, 15) is 9.90 Å². The Balaban J connectivity index is 4.97. The first kappa shape index (κ1) is 16.7. The van der Waals surface area contributed by atoms with Crippen molar-refractivity contribution in [3.05, 3.63) is 25.3 Å². The second kappa shape index (κ2) is 7.18. The fourth-order valence-electron chi connectivity index (χ4n) is 1.38. The second-order valence-electron chi connectivity index (χ2n) is 4.90. The molecule has 0 bridgehead atoms. The van der Waals surface area contributed by atoms with Gasteiger partial charge in [0.2, 0.25) is 0 Å². The SMILES string of the molecule is C=CCN(C(=O)OC(C)(C)C)[C@@H](C=C)[C@H](O)CO. The van der Waals surface area contributed by atoms with E-state index in [-0.39, 0.29) is 6.54 Å². The van der Waals surface area contributed by atoms with E-state index in [0.29, 0.717) is 0 Å². The molecule has 2 atom stereocenters. The van der Waals surface area contributed by atoms with E-state index >= 15 is 0 Å². The minimum Gasteiger partial charge on any atom is -0.444 e. The summed E-state index contributed by atoms with van der Waals surface area (Å²) in [7, 11) is 0. The maximum Gasteiger partial charge on any atom is 0.411 e. The molecular formula is C13H23NO4. The van der Waals surface area contributed by atoms with Gasteiger partial charge in [0, 0.05) is 6.54 Å². The number of hydrogen-bond donors (Lipinski definition) is 2. The molecule has 0 spiro atoms. The second-order valence-corrected chi connectivity index (χ2v) is 4.90. The molecule has 0 rings (SSSR count). The highest BCUT2D eigenvalue weighted by atomic mass is 16.6. The van der Waals surface area contributed by atoms with Gasteiger partial charge in [0.15, 0.2) is 0 Å². The molecule has 1 amide bonds. The number of hydrogen-bond acceptors (Lipinski definition) is 4. The van der Waals surface area contributed by atoms with Crippen molar-refractivity contribution < 1.29 is 19.7 Å². The molecule has 0 aliphatic rings. The molecule has 5 nitrogen and oxygen atoms in total. The van der Waals surface area contributed by atoms with E-state index in [1.807, 2.05) is 0 Å². The van der Waals surface area contributed by atoms with Crippen molar-refractivity contribution in [2.24, 2.45) is 0 Å². The van der Waals surface area contributed by atoms with E-state index in [1.165, 1.54) is 17.1 Å². The van der Waals surface area contributed by atoms with Crippen LogP contribution in [0.25, 0.3) is 0 Å². The maximum atomic E-state index is 12.0. The van der Waals surface area contributed by atoms with E-state index in [1.54, 1.807) is 20.8 Å². The van der Waals surface area contributed by atoms with Gasteiger partial charge in [0.25, 0.3) is 0 Å². The Morgan fingerprint density at radius 1 is 1.44 bits per heavy atom. The molecule has 104 valence electrons. The maximum absolute atomic E-state index is 12.0. The molecule has 18 heavy (non-hydrogen) atoms. The molecule has 0 saturated carbocycles. The Bertz CT molecular complexity index is 296. The first-order valence-electron chi connectivity index (χ1n) is 5.78. The third kappa shape index (κ3) is 5.33. The van der Waals surface area contributed by atoms with Crippen LogP contribution in [0.15, 0.2) is 25.3 Å². The highest BCUT2D eigenvalue weighted by molar-refractivity contribution is 5.69. The van der Waals surface area contributed by atoms with Gasteiger partial charge < -0.3 is 14.9 Å². The summed E-state index contributed by atoms with van der Waals surface area (Å²) in [6, 6.07) is -0.720. The van der Waals surface area contributed by atoms with E-state index in [2.05, 4.69) is 13.2 Å². The van der Waals surface area contributed by atoms with Gasteiger partial charge in [-0.3, -0.25) is 4.90 Å². The van der Waals surface area contributed by atoms with Gasteiger partial charge in [-0.1, -0.05) is 12.2 Å². The lowest BCUT2D eigenvalue weighted by molar-refractivity contribution is -0.00414. The zero-order chi connectivity index (χ0) is 14.3. The van der Waals surface area contributed by atoms with Crippen molar-refractivity contribution >= 4 is 6.09 Å². The van der Waals surface area contributed by atoms with Crippen LogP contribution >= 0.6 is 0 Å². The molecule has 0 radical (unpaired) electrons. The summed E-state index contributed by atoms with van der Waals surface area (Å²) in [6.07, 6.45) is 1.23. The highest BCUT2D eigenvalue weighted by Gasteiger charge is 2.29. The largest absolute Gasteiger partial charge is 0.444 e. The minimum absolute atomic E-state index is 0.197. The van der Waals surface area contributed by atoms with Crippen LogP contribution in [0.2, 0.25) is 0 Å². The predicted octanol–water partition coefficient (Wildman–Crippen LogP) is 1.32. The van der Waals surface area contributed by atoms with Crippen LogP contribution in [0, 0.1) is 0 Å². The van der Waals surface area contributed by atoms with Crippen molar-refractivity contribution in [1.82, 2.24) is 4.90 Å². The van der Waals surface area contributed by atoms with Crippen LogP contribution in [0.1, 0.15) is 20.8 Å². The van der Waals surface area contributed by atoms with Crippen LogP contribution in [0.3, 0.4) is 0 Å². The number of carbonyl (C=O) groups is 1. The molecular weight excluding hydrogens is 234 g/mol. The van der Waals surface area contributed by atoms with Crippen molar-refractivity contribution in [3.63, 3.8) is 0 Å². The Morgan fingerprint density at radius 2 is 2.00 bits per heavy atom. The van der Waals surface area contributed by atoms with Gasteiger partial charge in [-0.05, 0) is 20.8 Å². The average molecular weight is 257 g/mol. The molecule has 2 N–H and O–H groups in total. The summed E-state index contributed by atoms with van der Waals surface area (Å²) < 4.78 is 5.23. The number of nitrogens with zero attached hydrogens (tertiary/aromatic N) is 1. The van der Waals surface area contributed by atoms with Gasteiger partial charge in [-0.15, -0.1) is 13.2 Å². The van der Waals surface area contributed by atoms with Crippen LogP contribution in [0.4, 0.5) is 4.79 Å². The monoisotopic (exact) mass is 257 g/mol. The first-order valence-corrected chi connectivity index (χ1v) is 5.78. The van der Waals surface area contributed by atoms with E-state index < -0.39 is 30.4 Å². The molecule has 0 aromatic heterocycles. The average Bonchev–Trinajstić information content (AvgIpc) is 2.26. The summed E-state index contributed by atoms with van der Waals surface area (Å²) in [6.45, 7) is 12.1. The lowest BCUT2D eigenvalue weighted by Gasteiger charge is -2.33. The molecule has 5 heteroatoms. The van der Waals surface area contributed by atoms with Crippen molar-refractivity contribution in [3.8, 4) is 0 Å². The van der Waals surface area contributed by atoms with Gasteiger partial charge in [0.1, 0.15) is 11.7 Å².